The fourth-order valence-electron chi connectivity index (χ4n) is 2.02. The van der Waals surface area contributed by atoms with E-state index < -0.39 is 11.9 Å². The Morgan fingerprint density at radius 2 is 1.72 bits per heavy atom. The van der Waals surface area contributed by atoms with Crippen LogP contribution in [0.5, 0.6) is 0 Å². The summed E-state index contributed by atoms with van der Waals surface area (Å²) < 4.78 is 4.85. The van der Waals surface area contributed by atoms with Gasteiger partial charge in [-0.25, -0.2) is 0 Å². The molecule has 0 saturated carbocycles. The van der Waals surface area contributed by atoms with E-state index in [9.17, 15) is 14.4 Å². The van der Waals surface area contributed by atoms with Crippen LogP contribution in [0.4, 0.5) is 0 Å². The third kappa shape index (κ3) is 9.10. The summed E-state index contributed by atoms with van der Waals surface area (Å²) in [5, 5.41) is 5.72. The standard InChI is InChI=1S/C18H25ClN2O4/c1-12(2)4-5-13(3)21-16(22)11-25-17(23)10-20-18(24)14-6-8-15(19)9-7-14/h6-9,12-13H,4-5,10-11H2,1-3H3,(H,20,24)(H,21,22)/t13-/m0/s1. The topological polar surface area (TPSA) is 84.5 Å². The van der Waals surface area contributed by atoms with Gasteiger partial charge in [-0.05, 0) is 49.9 Å². The number of carbonyl (C=O) groups excluding carboxylic acids is 3. The predicted octanol–water partition coefficient (Wildman–Crippen LogP) is 2.55. The fourth-order valence-corrected chi connectivity index (χ4v) is 2.15. The Labute approximate surface area is 153 Å². The zero-order chi connectivity index (χ0) is 18.8. The Balaban J connectivity index is 2.24. The summed E-state index contributed by atoms with van der Waals surface area (Å²) >= 11 is 5.74. The molecule has 25 heavy (non-hydrogen) atoms. The number of ether oxygens (including phenoxy) is 1. The maximum Gasteiger partial charge on any atom is 0.325 e. The van der Waals surface area contributed by atoms with Gasteiger partial charge in [0.05, 0.1) is 0 Å². The SMILES string of the molecule is CC(C)CC[C@H](C)NC(=O)COC(=O)CNC(=O)c1ccc(Cl)cc1. The molecule has 0 aromatic heterocycles. The number of esters is 1. The second-order valence-electron chi connectivity index (χ2n) is 6.29. The fraction of sp³-hybridized carbons (Fsp3) is 0.500. The van der Waals surface area contributed by atoms with Gasteiger partial charge in [0.25, 0.3) is 11.8 Å². The van der Waals surface area contributed by atoms with E-state index in [1.807, 2.05) is 6.92 Å². The monoisotopic (exact) mass is 368 g/mol. The highest BCUT2D eigenvalue weighted by Crippen LogP contribution is 2.09. The lowest BCUT2D eigenvalue weighted by molar-refractivity contribution is -0.147. The molecule has 0 unspecified atom stereocenters. The third-order valence-electron chi connectivity index (χ3n) is 3.45. The molecule has 0 aliphatic rings. The molecule has 0 radical (unpaired) electrons. The van der Waals surface area contributed by atoms with Crippen molar-refractivity contribution in [2.75, 3.05) is 13.2 Å². The molecule has 0 aliphatic heterocycles. The molecule has 0 fully saturated rings. The van der Waals surface area contributed by atoms with Crippen LogP contribution in [0.3, 0.4) is 0 Å². The first-order valence-electron chi connectivity index (χ1n) is 8.26. The highest BCUT2D eigenvalue weighted by molar-refractivity contribution is 6.30. The number of hydrogen-bond donors (Lipinski definition) is 2. The molecule has 2 N–H and O–H groups in total. The number of benzene rings is 1. The Morgan fingerprint density at radius 1 is 1.08 bits per heavy atom. The Kier molecular flexibility index (Phi) is 8.99. The van der Waals surface area contributed by atoms with Crippen LogP contribution in [0, 0.1) is 5.92 Å². The van der Waals surface area contributed by atoms with Crippen molar-refractivity contribution in [2.45, 2.75) is 39.7 Å². The van der Waals surface area contributed by atoms with Crippen molar-refractivity contribution in [3.8, 4) is 0 Å². The van der Waals surface area contributed by atoms with Crippen LogP contribution in [0.2, 0.25) is 5.02 Å². The quantitative estimate of drug-likeness (QED) is 0.656. The molecular weight excluding hydrogens is 344 g/mol. The van der Waals surface area contributed by atoms with Gasteiger partial charge in [-0.1, -0.05) is 25.4 Å². The van der Waals surface area contributed by atoms with Gasteiger partial charge in [-0.3, -0.25) is 14.4 Å². The van der Waals surface area contributed by atoms with Crippen LogP contribution < -0.4 is 10.6 Å². The molecule has 6 nitrogen and oxygen atoms in total. The lowest BCUT2D eigenvalue weighted by Gasteiger charge is -2.15. The lowest BCUT2D eigenvalue weighted by atomic mass is 10.0. The summed E-state index contributed by atoms with van der Waals surface area (Å²) in [7, 11) is 0. The Hall–Kier alpha value is -2.08. The van der Waals surface area contributed by atoms with Crippen molar-refractivity contribution >= 4 is 29.4 Å². The summed E-state index contributed by atoms with van der Waals surface area (Å²) in [5.74, 6) is -0.872. The van der Waals surface area contributed by atoms with E-state index in [0.29, 0.717) is 16.5 Å². The van der Waals surface area contributed by atoms with E-state index in [1.54, 1.807) is 24.3 Å². The highest BCUT2D eigenvalue weighted by Gasteiger charge is 2.12. The van der Waals surface area contributed by atoms with Gasteiger partial charge < -0.3 is 15.4 Å². The minimum absolute atomic E-state index is 0.0261. The zero-order valence-electron chi connectivity index (χ0n) is 14.8. The van der Waals surface area contributed by atoms with Crippen LogP contribution in [0.15, 0.2) is 24.3 Å². The summed E-state index contributed by atoms with van der Waals surface area (Å²) in [6, 6.07) is 6.29. The molecule has 0 spiro atoms. The van der Waals surface area contributed by atoms with E-state index >= 15 is 0 Å². The Bertz CT molecular complexity index is 587. The molecule has 138 valence electrons. The Morgan fingerprint density at radius 3 is 2.32 bits per heavy atom. The van der Waals surface area contributed by atoms with E-state index in [1.165, 1.54) is 0 Å². The average molecular weight is 369 g/mol. The van der Waals surface area contributed by atoms with Gasteiger partial charge in [0.1, 0.15) is 6.54 Å². The van der Waals surface area contributed by atoms with Gasteiger partial charge in [-0.15, -0.1) is 0 Å². The van der Waals surface area contributed by atoms with Gasteiger partial charge in [0.15, 0.2) is 6.61 Å². The summed E-state index contributed by atoms with van der Waals surface area (Å²) in [6.07, 6.45) is 1.88. The first kappa shape index (κ1) is 21.0. The number of carbonyl (C=O) groups is 3. The van der Waals surface area contributed by atoms with Crippen molar-refractivity contribution in [1.29, 1.82) is 0 Å². The smallest absolute Gasteiger partial charge is 0.325 e. The number of hydrogen-bond acceptors (Lipinski definition) is 4. The van der Waals surface area contributed by atoms with Crippen LogP contribution in [0.25, 0.3) is 0 Å². The van der Waals surface area contributed by atoms with Crippen LogP contribution in [0.1, 0.15) is 44.0 Å². The molecule has 0 bridgehead atoms. The van der Waals surface area contributed by atoms with E-state index in [2.05, 4.69) is 24.5 Å². The van der Waals surface area contributed by atoms with Crippen molar-refractivity contribution in [3.63, 3.8) is 0 Å². The molecule has 0 heterocycles. The minimum Gasteiger partial charge on any atom is -0.454 e. The lowest BCUT2D eigenvalue weighted by Crippen LogP contribution is -2.37. The molecule has 1 aromatic rings. The van der Waals surface area contributed by atoms with Gasteiger partial charge >= 0.3 is 5.97 Å². The second kappa shape index (κ2) is 10.7. The normalized spacial score (nSPS) is 11.7. The van der Waals surface area contributed by atoms with E-state index in [0.717, 1.165) is 12.8 Å². The van der Waals surface area contributed by atoms with Crippen molar-refractivity contribution < 1.29 is 19.1 Å². The van der Waals surface area contributed by atoms with Crippen LogP contribution in [-0.4, -0.2) is 37.0 Å². The van der Waals surface area contributed by atoms with Crippen molar-refractivity contribution in [2.24, 2.45) is 5.92 Å². The largest absolute Gasteiger partial charge is 0.454 e. The summed E-state index contributed by atoms with van der Waals surface area (Å²) in [4.78, 5) is 35.1. The second-order valence-corrected chi connectivity index (χ2v) is 6.73. The van der Waals surface area contributed by atoms with Gasteiger partial charge in [-0.2, -0.15) is 0 Å². The van der Waals surface area contributed by atoms with Gasteiger partial charge in [0, 0.05) is 16.6 Å². The van der Waals surface area contributed by atoms with Crippen molar-refractivity contribution in [3.05, 3.63) is 34.9 Å². The first-order chi connectivity index (χ1) is 11.8. The molecule has 1 aromatic carbocycles. The maximum atomic E-state index is 11.8. The third-order valence-corrected chi connectivity index (χ3v) is 3.70. The van der Waals surface area contributed by atoms with Crippen LogP contribution in [-0.2, 0) is 14.3 Å². The minimum atomic E-state index is -0.674. The zero-order valence-corrected chi connectivity index (χ0v) is 15.6. The average Bonchev–Trinajstić information content (AvgIpc) is 2.56. The molecule has 7 heteroatoms. The molecular formula is C18H25ClN2O4. The molecule has 2 amide bonds. The van der Waals surface area contributed by atoms with E-state index in [-0.39, 0.29) is 25.1 Å². The summed E-state index contributed by atoms with van der Waals surface area (Å²) in [5.41, 5.74) is 0.383. The number of rotatable bonds is 9. The number of halogens is 1. The molecule has 0 aliphatic carbocycles. The first-order valence-corrected chi connectivity index (χ1v) is 8.64. The highest BCUT2D eigenvalue weighted by atomic mass is 35.5. The molecule has 1 rings (SSSR count). The predicted molar refractivity (Wildman–Crippen MR) is 96.4 cm³/mol. The molecule has 0 saturated heterocycles. The summed E-state index contributed by atoms with van der Waals surface area (Å²) in [6.45, 7) is 5.48. The van der Waals surface area contributed by atoms with Gasteiger partial charge in [0.2, 0.25) is 0 Å². The van der Waals surface area contributed by atoms with E-state index in [4.69, 9.17) is 16.3 Å². The van der Waals surface area contributed by atoms with Crippen LogP contribution >= 0.6 is 11.6 Å². The number of amides is 2. The van der Waals surface area contributed by atoms with Crippen molar-refractivity contribution in [1.82, 2.24) is 10.6 Å². The number of nitrogens with one attached hydrogen (secondary N) is 2. The molecule has 1 atom stereocenters. The maximum absolute atomic E-state index is 11.8.